The standard InChI is InChI=1S/C9H10BrNO/c1-6(7(2)12)9-4-3-8(10)5-11-9/h3-6H,1-2H3. The molecule has 0 aromatic carbocycles. The predicted molar refractivity (Wildman–Crippen MR) is 51.0 cm³/mol. The fourth-order valence-corrected chi connectivity index (χ4v) is 1.09. The summed E-state index contributed by atoms with van der Waals surface area (Å²) in [6.45, 7) is 3.44. The van der Waals surface area contributed by atoms with E-state index < -0.39 is 0 Å². The zero-order chi connectivity index (χ0) is 9.14. The number of carbonyl (C=O) groups is 1. The molecule has 0 fully saturated rings. The maximum Gasteiger partial charge on any atom is 0.138 e. The van der Waals surface area contributed by atoms with Gasteiger partial charge in [-0.1, -0.05) is 0 Å². The quantitative estimate of drug-likeness (QED) is 0.778. The highest BCUT2D eigenvalue weighted by atomic mass is 79.9. The van der Waals surface area contributed by atoms with Crippen molar-refractivity contribution in [1.82, 2.24) is 4.98 Å². The van der Waals surface area contributed by atoms with Crippen LogP contribution in [0.2, 0.25) is 0 Å². The molecule has 0 saturated heterocycles. The molecule has 0 bridgehead atoms. The third-order valence-corrected chi connectivity index (χ3v) is 2.27. The summed E-state index contributed by atoms with van der Waals surface area (Å²) < 4.78 is 0.932. The van der Waals surface area contributed by atoms with E-state index in [9.17, 15) is 4.79 Å². The number of nitrogens with zero attached hydrogens (tertiary/aromatic N) is 1. The second-order valence-electron chi connectivity index (χ2n) is 2.73. The van der Waals surface area contributed by atoms with E-state index in [1.54, 1.807) is 13.1 Å². The second-order valence-corrected chi connectivity index (χ2v) is 3.65. The van der Waals surface area contributed by atoms with Gasteiger partial charge < -0.3 is 0 Å². The first-order valence-electron chi connectivity index (χ1n) is 3.73. The molecule has 1 aromatic heterocycles. The molecule has 2 nitrogen and oxygen atoms in total. The van der Waals surface area contributed by atoms with Gasteiger partial charge in [0.2, 0.25) is 0 Å². The Balaban J connectivity index is 2.89. The van der Waals surface area contributed by atoms with E-state index in [-0.39, 0.29) is 11.7 Å². The van der Waals surface area contributed by atoms with E-state index in [0.29, 0.717) is 0 Å². The van der Waals surface area contributed by atoms with Crippen molar-refractivity contribution >= 4 is 21.7 Å². The first-order chi connectivity index (χ1) is 5.61. The molecule has 1 atom stereocenters. The van der Waals surface area contributed by atoms with Crippen LogP contribution in [-0.4, -0.2) is 10.8 Å². The highest BCUT2D eigenvalue weighted by Gasteiger charge is 2.10. The van der Waals surface area contributed by atoms with E-state index >= 15 is 0 Å². The number of halogens is 1. The monoisotopic (exact) mass is 227 g/mol. The minimum Gasteiger partial charge on any atom is -0.299 e. The maximum atomic E-state index is 11.0. The number of aromatic nitrogens is 1. The van der Waals surface area contributed by atoms with Crippen LogP contribution in [-0.2, 0) is 4.79 Å². The summed E-state index contributed by atoms with van der Waals surface area (Å²) in [7, 11) is 0. The van der Waals surface area contributed by atoms with Crippen LogP contribution in [0.5, 0.6) is 0 Å². The fourth-order valence-electron chi connectivity index (χ4n) is 0.852. The van der Waals surface area contributed by atoms with Crippen LogP contribution in [0.4, 0.5) is 0 Å². The van der Waals surface area contributed by atoms with E-state index in [1.165, 1.54) is 0 Å². The van der Waals surface area contributed by atoms with Crippen molar-refractivity contribution in [3.05, 3.63) is 28.5 Å². The first kappa shape index (κ1) is 9.39. The van der Waals surface area contributed by atoms with Gasteiger partial charge in [-0.2, -0.15) is 0 Å². The van der Waals surface area contributed by atoms with E-state index in [4.69, 9.17) is 0 Å². The molecular weight excluding hydrogens is 218 g/mol. The van der Waals surface area contributed by atoms with Gasteiger partial charge in [0.15, 0.2) is 0 Å². The highest BCUT2D eigenvalue weighted by Crippen LogP contribution is 2.15. The van der Waals surface area contributed by atoms with Gasteiger partial charge in [-0.25, -0.2) is 0 Å². The molecule has 0 saturated carbocycles. The van der Waals surface area contributed by atoms with Crippen LogP contribution in [0.3, 0.4) is 0 Å². The Morgan fingerprint density at radius 2 is 2.25 bits per heavy atom. The largest absolute Gasteiger partial charge is 0.299 e. The molecule has 3 heteroatoms. The molecule has 1 rings (SSSR count). The molecule has 0 aliphatic heterocycles. The molecule has 1 heterocycles. The van der Waals surface area contributed by atoms with Gasteiger partial charge >= 0.3 is 0 Å². The van der Waals surface area contributed by atoms with Crippen molar-refractivity contribution < 1.29 is 4.79 Å². The zero-order valence-corrected chi connectivity index (χ0v) is 8.63. The summed E-state index contributed by atoms with van der Waals surface area (Å²) in [5.74, 6) is 0.0444. The molecule has 64 valence electrons. The third kappa shape index (κ3) is 2.14. The lowest BCUT2D eigenvalue weighted by atomic mass is 10.0. The Kier molecular flexibility index (Phi) is 2.98. The average Bonchev–Trinajstić information content (AvgIpc) is 2.04. The highest BCUT2D eigenvalue weighted by molar-refractivity contribution is 9.10. The Hall–Kier alpha value is -0.700. The SMILES string of the molecule is CC(=O)C(C)c1ccc(Br)cn1. The van der Waals surface area contributed by atoms with Gasteiger partial charge in [0.05, 0.1) is 11.6 Å². The van der Waals surface area contributed by atoms with Gasteiger partial charge in [-0.3, -0.25) is 9.78 Å². The molecular formula is C9H10BrNO. The fraction of sp³-hybridized carbons (Fsp3) is 0.333. The molecule has 1 aromatic rings. The number of hydrogen-bond donors (Lipinski definition) is 0. The van der Waals surface area contributed by atoms with Gasteiger partial charge in [-0.15, -0.1) is 0 Å². The molecule has 0 N–H and O–H groups in total. The van der Waals surface area contributed by atoms with Crippen molar-refractivity contribution in [2.75, 3.05) is 0 Å². The number of pyridine rings is 1. The van der Waals surface area contributed by atoms with Gasteiger partial charge in [-0.05, 0) is 41.9 Å². The Labute approximate surface area is 80.1 Å². The second kappa shape index (κ2) is 3.81. The summed E-state index contributed by atoms with van der Waals surface area (Å²) in [6.07, 6.45) is 1.70. The summed E-state index contributed by atoms with van der Waals surface area (Å²) in [6, 6.07) is 3.75. The van der Waals surface area contributed by atoms with Gasteiger partial charge in [0.1, 0.15) is 5.78 Å². The van der Waals surface area contributed by atoms with Crippen LogP contribution in [0.25, 0.3) is 0 Å². The average molecular weight is 228 g/mol. The summed E-state index contributed by atoms with van der Waals surface area (Å²) in [5, 5.41) is 0. The van der Waals surface area contributed by atoms with Crippen molar-refractivity contribution in [2.24, 2.45) is 0 Å². The summed E-state index contributed by atoms with van der Waals surface area (Å²) >= 11 is 3.28. The van der Waals surface area contributed by atoms with E-state index in [2.05, 4.69) is 20.9 Å². The molecule has 0 aliphatic carbocycles. The maximum absolute atomic E-state index is 11.0. The molecule has 12 heavy (non-hydrogen) atoms. The minimum absolute atomic E-state index is 0.0990. The van der Waals surface area contributed by atoms with Crippen molar-refractivity contribution in [3.63, 3.8) is 0 Å². The number of ketones is 1. The summed E-state index contributed by atoms with van der Waals surface area (Å²) in [5.41, 5.74) is 0.825. The van der Waals surface area contributed by atoms with E-state index in [0.717, 1.165) is 10.2 Å². The van der Waals surface area contributed by atoms with Crippen LogP contribution in [0, 0.1) is 0 Å². The van der Waals surface area contributed by atoms with Gasteiger partial charge in [0, 0.05) is 10.7 Å². The van der Waals surface area contributed by atoms with E-state index in [1.807, 2.05) is 19.1 Å². The van der Waals surface area contributed by atoms with Crippen molar-refractivity contribution in [2.45, 2.75) is 19.8 Å². The zero-order valence-electron chi connectivity index (χ0n) is 7.04. The molecule has 0 spiro atoms. The topological polar surface area (TPSA) is 30.0 Å². The molecule has 0 amide bonds. The Morgan fingerprint density at radius 1 is 1.58 bits per heavy atom. The van der Waals surface area contributed by atoms with Crippen LogP contribution >= 0.6 is 15.9 Å². The molecule has 1 unspecified atom stereocenters. The van der Waals surface area contributed by atoms with Crippen LogP contribution < -0.4 is 0 Å². The smallest absolute Gasteiger partial charge is 0.138 e. The van der Waals surface area contributed by atoms with Crippen molar-refractivity contribution in [3.8, 4) is 0 Å². The lowest BCUT2D eigenvalue weighted by Crippen LogP contribution is -2.05. The summed E-state index contributed by atoms with van der Waals surface area (Å²) in [4.78, 5) is 15.1. The van der Waals surface area contributed by atoms with Crippen LogP contribution in [0.15, 0.2) is 22.8 Å². The van der Waals surface area contributed by atoms with Gasteiger partial charge in [0.25, 0.3) is 0 Å². The number of Topliss-reactive ketones (excluding diaryl/α,β-unsaturated/α-hetero) is 1. The number of rotatable bonds is 2. The van der Waals surface area contributed by atoms with Crippen molar-refractivity contribution in [1.29, 1.82) is 0 Å². The predicted octanol–water partition coefficient (Wildman–Crippen LogP) is 2.54. The minimum atomic E-state index is -0.0990. The lowest BCUT2D eigenvalue weighted by molar-refractivity contribution is -0.118. The Bertz CT molecular complexity index is 281. The Morgan fingerprint density at radius 3 is 2.67 bits per heavy atom. The normalized spacial score (nSPS) is 12.6. The number of carbonyl (C=O) groups excluding carboxylic acids is 1. The lowest BCUT2D eigenvalue weighted by Gasteiger charge is -2.05. The van der Waals surface area contributed by atoms with Crippen LogP contribution in [0.1, 0.15) is 25.5 Å². The molecule has 0 aliphatic rings. The third-order valence-electron chi connectivity index (χ3n) is 1.80. The first-order valence-corrected chi connectivity index (χ1v) is 4.52. The molecule has 0 radical (unpaired) electrons. The number of hydrogen-bond acceptors (Lipinski definition) is 2.